The highest BCUT2D eigenvalue weighted by Gasteiger charge is 2.15. The molecule has 0 radical (unpaired) electrons. The molecule has 0 bridgehead atoms. The second-order valence-corrected chi connectivity index (χ2v) is 4.97. The van der Waals surface area contributed by atoms with Crippen molar-refractivity contribution in [3.63, 3.8) is 0 Å². The molecule has 2 fully saturated rings. The zero-order valence-corrected chi connectivity index (χ0v) is 12.5. The third-order valence-corrected chi connectivity index (χ3v) is 3.64. The van der Waals surface area contributed by atoms with Crippen LogP contribution in [0.15, 0.2) is 0 Å². The van der Waals surface area contributed by atoms with Crippen molar-refractivity contribution >= 4 is 0 Å². The lowest BCUT2D eigenvalue weighted by atomic mass is 10.1. The molecule has 2 aliphatic rings. The van der Waals surface area contributed by atoms with Crippen LogP contribution < -0.4 is 5.32 Å². The van der Waals surface area contributed by atoms with E-state index >= 15 is 0 Å². The average Bonchev–Trinajstić information content (AvgIpc) is 2.44. The van der Waals surface area contributed by atoms with E-state index in [-0.39, 0.29) is 0 Å². The first-order valence-corrected chi connectivity index (χ1v) is 7.58. The van der Waals surface area contributed by atoms with Crippen molar-refractivity contribution in [2.24, 2.45) is 0 Å². The molecule has 1 N–H and O–H groups in total. The van der Waals surface area contributed by atoms with Crippen LogP contribution in [-0.2, 0) is 4.74 Å². The first kappa shape index (κ1) is 15.9. The second-order valence-electron chi connectivity index (χ2n) is 4.97. The molecule has 0 atom stereocenters. The molecule has 0 aromatic rings. The van der Waals surface area contributed by atoms with Crippen molar-refractivity contribution < 1.29 is 4.74 Å². The largest absolute Gasteiger partial charge is 0.377 e. The summed E-state index contributed by atoms with van der Waals surface area (Å²) in [5.41, 5.74) is 0. The topological polar surface area (TPSA) is 27.7 Å². The molecule has 2 saturated heterocycles. The predicted molar refractivity (Wildman–Crippen MR) is 77.1 cm³/mol. The van der Waals surface area contributed by atoms with Crippen LogP contribution in [0.1, 0.15) is 26.7 Å². The highest BCUT2D eigenvalue weighted by Crippen LogP contribution is 2.07. The summed E-state index contributed by atoms with van der Waals surface area (Å²) >= 11 is 0. The SMILES string of the molecule is CC.CN1CCN(CCOC2CCNCC2)CC1. The van der Waals surface area contributed by atoms with Gasteiger partial charge < -0.3 is 15.0 Å². The Bertz CT molecular complexity index is 187. The number of hydrogen-bond acceptors (Lipinski definition) is 4. The molecule has 0 unspecified atom stereocenters. The zero-order chi connectivity index (χ0) is 13.2. The summed E-state index contributed by atoms with van der Waals surface area (Å²) in [6, 6.07) is 0. The Kier molecular flexibility index (Phi) is 8.59. The number of likely N-dealkylation sites (N-methyl/N-ethyl adjacent to an activating group) is 1. The Morgan fingerprint density at radius 2 is 1.67 bits per heavy atom. The number of piperidine rings is 1. The first-order valence-electron chi connectivity index (χ1n) is 7.58. The van der Waals surface area contributed by atoms with E-state index in [4.69, 9.17) is 4.74 Å². The first-order chi connectivity index (χ1) is 8.84. The van der Waals surface area contributed by atoms with Gasteiger partial charge in [0.2, 0.25) is 0 Å². The van der Waals surface area contributed by atoms with Gasteiger partial charge in [-0.3, -0.25) is 4.90 Å². The van der Waals surface area contributed by atoms with Crippen LogP contribution in [0.5, 0.6) is 0 Å². The van der Waals surface area contributed by atoms with Crippen molar-refractivity contribution in [3.8, 4) is 0 Å². The van der Waals surface area contributed by atoms with E-state index in [0.717, 1.165) is 26.2 Å². The Balaban J connectivity index is 0.000000771. The molecule has 0 amide bonds. The molecule has 18 heavy (non-hydrogen) atoms. The lowest BCUT2D eigenvalue weighted by molar-refractivity contribution is 0.0142. The molecular weight excluding hydrogens is 226 g/mol. The monoisotopic (exact) mass is 257 g/mol. The van der Waals surface area contributed by atoms with Gasteiger partial charge in [-0.2, -0.15) is 0 Å². The van der Waals surface area contributed by atoms with Crippen molar-refractivity contribution in [2.45, 2.75) is 32.8 Å². The van der Waals surface area contributed by atoms with E-state index in [0.29, 0.717) is 6.10 Å². The maximum atomic E-state index is 5.92. The van der Waals surface area contributed by atoms with Gasteiger partial charge in [0.25, 0.3) is 0 Å². The Morgan fingerprint density at radius 3 is 2.28 bits per heavy atom. The molecule has 0 aromatic heterocycles. The summed E-state index contributed by atoms with van der Waals surface area (Å²) in [6.07, 6.45) is 2.87. The molecular formula is C14H31N3O. The van der Waals surface area contributed by atoms with E-state index in [1.807, 2.05) is 13.8 Å². The summed E-state index contributed by atoms with van der Waals surface area (Å²) in [5, 5.41) is 3.36. The van der Waals surface area contributed by atoms with E-state index < -0.39 is 0 Å². The van der Waals surface area contributed by atoms with E-state index in [1.54, 1.807) is 0 Å². The number of rotatable bonds is 4. The maximum Gasteiger partial charge on any atom is 0.0600 e. The fraction of sp³-hybridized carbons (Fsp3) is 1.00. The molecule has 4 heteroatoms. The molecule has 2 heterocycles. The van der Waals surface area contributed by atoms with Crippen molar-refractivity contribution in [1.29, 1.82) is 0 Å². The second kappa shape index (κ2) is 9.73. The van der Waals surface area contributed by atoms with Crippen LogP contribution in [-0.4, -0.2) is 75.4 Å². The highest BCUT2D eigenvalue weighted by molar-refractivity contribution is 4.71. The Labute approximate surface area is 113 Å². The molecule has 0 spiro atoms. The summed E-state index contributed by atoms with van der Waals surface area (Å²) in [6.45, 7) is 13.1. The number of piperazine rings is 1. The van der Waals surface area contributed by atoms with Crippen molar-refractivity contribution in [2.75, 3.05) is 59.5 Å². The van der Waals surface area contributed by atoms with E-state index in [1.165, 1.54) is 39.0 Å². The van der Waals surface area contributed by atoms with Gasteiger partial charge in [0.1, 0.15) is 0 Å². The van der Waals surface area contributed by atoms with Crippen LogP contribution in [0.4, 0.5) is 0 Å². The summed E-state index contributed by atoms with van der Waals surface area (Å²) in [4.78, 5) is 4.91. The Morgan fingerprint density at radius 1 is 1.06 bits per heavy atom. The summed E-state index contributed by atoms with van der Waals surface area (Å²) in [7, 11) is 2.20. The fourth-order valence-electron chi connectivity index (χ4n) is 2.38. The van der Waals surface area contributed by atoms with Gasteiger partial charge in [-0.1, -0.05) is 13.8 Å². The van der Waals surface area contributed by atoms with Crippen LogP contribution in [0.3, 0.4) is 0 Å². The minimum atomic E-state index is 0.508. The molecule has 0 saturated carbocycles. The van der Waals surface area contributed by atoms with Crippen LogP contribution in [0.2, 0.25) is 0 Å². The molecule has 2 rings (SSSR count). The molecule has 0 aromatic carbocycles. The summed E-state index contributed by atoms with van der Waals surface area (Å²) in [5.74, 6) is 0. The molecule has 2 aliphatic heterocycles. The third-order valence-electron chi connectivity index (χ3n) is 3.64. The van der Waals surface area contributed by atoms with E-state index in [2.05, 4.69) is 22.2 Å². The molecule has 4 nitrogen and oxygen atoms in total. The quantitative estimate of drug-likeness (QED) is 0.814. The number of hydrogen-bond donors (Lipinski definition) is 1. The van der Waals surface area contributed by atoms with Gasteiger partial charge >= 0.3 is 0 Å². The molecule has 108 valence electrons. The smallest absolute Gasteiger partial charge is 0.0600 e. The third kappa shape index (κ3) is 6.14. The van der Waals surface area contributed by atoms with Crippen LogP contribution >= 0.6 is 0 Å². The lowest BCUT2D eigenvalue weighted by Crippen LogP contribution is -2.45. The standard InChI is InChI=1S/C12H25N3O.C2H6/c1-14-6-8-15(9-7-14)10-11-16-12-2-4-13-5-3-12;1-2/h12-13H,2-11H2,1H3;1-2H3. The van der Waals surface area contributed by atoms with E-state index in [9.17, 15) is 0 Å². The number of ether oxygens (including phenoxy) is 1. The highest BCUT2D eigenvalue weighted by atomic mass is 16.5. The van der Waals surface area contributed by atoms with Crippen LogP contribution in [0, 0.1) is 0 Å². The maximum absolute atomic E-state index is 5.92. The van der Waals surface area contributed by atoms with Gasteiger partial charge in [0.15, 0.2) is 0 Å². The number of nitrogens with zero attached hydrogens (tertiary/aromatic N) is 2. The van der Waals surface area contributed by atoms with Gasteiger partial charge in [-0.25, -0.2) is 0 Å². The van der Waals surface area contributed by atoms with Crippen molar-refractivity contribution in [3.05, 3.63) is 0 Å². The van der Waals surface area contributed by atoms with Gasteiger partial charge in [-0.15, -0.1) is 0 Å². The fourth-order valence-corrected chi connectivity index (χ4v) is 2.38. The normalized spacial score (nSPS) is 23.5. The lowest BCUT2D eigenvalue weighted by Gasteiger charge is -2.32. The van der Waals surface area contributed by atoms with Gasteiger partial charge in [0, 0.05) is 32.7 Å². The Hall–Kier alpha value is -0.160. The average molecular weight is 257 g/mol. The summed E-state index contributed by atoms with van der Waals surface area (Å²) < 4.78 is 5.92. The minimum Gasteiger partial charge on any atom is -0.377 e. The minimum absolute atomic E-state index is 0.508. The van der Waals surface area contributed by atoms with Crippen LogP contribution in [0.25, 0.3) is 0 Å². The predicted octanol–water partition coefficient (Wildman–Crippen LogP) is 1.03. The van der Waals surface area contributed by atoms with Gasteiger partial charge in [0.05, 0.1) is 12.7 Å². The zero-order valence-electron chi connectivity index (χ0n) is 12.5. The van der Waals surface area contributed by atoms with Gasteiger partial charge in [-0.05, 0) is 33.0 Å². The molecule has 0 aliphatic carbocycles. The van der Waals surface area contributed by atoms with Crippen molar-refractivity contribution in [1.82, 2.24) is 15.1 Å². The number of nitrogens with one attached hydrogen (secondary N) is 1.